The second-order valence-corrected chi connectivity index (χ2v) is 5.79. The van der Waals surface area contributed by atoms with Gasteiger partial charge in [0.05, 0.1) is 0 Å². The monoisotopic (exact) mass is 280 g/mol. The Balaban J connectivity index is 2.46. The molecule has 0 saturated carbocycles. The van der Waals surface area contributed by atoms with E-state index >= 15 is 0 Å². The van der Waals surface area contributed by atoms with Gasteiger partial charge in [-0.15, -0.1) is 0 Å². The number of nitrogens with one attached hydrogen (secondary N) is 1. The molecule has 0 atom stereocenters. The van der Waals surface area contributed by atoms with Gasteiger partial charge in [0.1, 0.15) is 0 Å². The number of piperidine rings is 1. The molecule has 0 aliphatic carbocycles. The first-order chi connectivity index (χ1) is 8.51. The van der Waals surface area contributed by atoms with E-state index in [1.54, 1.807) is 20.8 Å². The van der Waals surface area contributed by atoms with Crippen LogP contribution >= 0.6 is 0 Å². The van der Waals surface area contributed by atoms with Crippen molar-refractivity contribution in [2.24, 2.45) is 5.41 Å². The molecule has 4 nitrogen and oxygen atoms in total. The van der Waals surface area contributed by atoms with Crippen molar-refractivity contribution < 1.29 is 22.8 Å². The molecule has 0 aromatic heterocycles. The smallest absolute Gasteiger partial charge is 0.353 e. The summed E-state index contributed by atoms with van der Waals surface area (Å²) in [5.41, 5.74) is -0.529. The summed E-state index contributed by atoms with van der Waals surface area (Å²) >= 11 is 0. The Morgan fingerprint density at radius 1 is 1.11 bits per heavy atom. The Hall–Kier alpha value is -1.27. The largest absolute Gasteiger partial charge is 0.471 e. The molecule has 1 heterocycles. The number of hydrogen-bond acceptors (Lipinski definition) is 2. The van der Waals surface area contributed by atoms with Crippen LogP contribution in [0.15, 0.2) is 0 Å². The molecule has 0 bridgehead atoms. The van der Waals surface area contributed by atoms with Crippen molar-refractivity contribution >= 4 is 11.8 Å². The van der Waals surface area contributed by atoms with Crippen LogP contribution in [0, 0.1) is 5.41 Å². The number of rotatable bonds is 1. The molecule has 2 amide bonds. The second-order valence-electron chi connectivity index (χ2n) is 5.79. The summed E-state index contributed by atoms with van der Waals surface area (Å²) in [5, 5.41) is 2.80. The summed E-state index contributed by atoms with van der Waals surface area (Å²) in [6.45, 7) is 5.35. The molecule has 1 fully saturated rings. The van der Waals surface area contributed by atoms with Crippen molar-refractivity contribution in [3.05, 3.63) is 0 Å². The van der Waals surface area contributed by atoms with Crippen molar-refractivity contribution in [3.63, 3.8) is 0 Å². The molecule has 1 rings (SSSR count). The van der Waals surface area contributed by atoms with E-state index in [0.717, 1.165) is 4.90 Å². The molecule has 0 radical (unpaired) electrons. The first kappa shape index (κ1) is 15.8. The number of nitrogens with zero attached hydrogens (tertiary/aromatic N) is 1. The summed E-state index contributed by atoms with van der Waals surface area (Å²) in [7, 11) is 0. The summed E-state index contributed by atoms with van der Waals surface area (Å²) < 4.78 is 36.7. The molecular weight excluding hydrogens is 261 g/mol. The normalized spacial score (nSPS) is 18.3. The Kier molecular flexibility index (Phi) is 4.47. The van der Waals surface area contributed by atoms with Gasteiger partial charge in [-0.3, -0.25) is 9.59 Å². The van der Waals surface area contributed by atoms with E-state index in [0.29, 0.717) is 12.8 Å². The Bertz CT molecular complexity index is 353. The highest BCUT2D eigenvalue weighted by molar-refractivity contribution is 5.82. The molecular formula is C12H19F3N2O2. The zero-order valence-corrected chi connectivity index (χ0v) is 11.3. The van der Waals surface area contributed by atoms with Gasteiger partial charge in [-0.05, 0) is 12.8 Å². The second kappa shape index (κ2) is 5.38. The van der Waals surface area contributed by atoms with Crippen LogP contribution in [0.5, 0.6) is 0 Å². The summed E-state index contributed by atoms with van der Waals surface area (Å²) in [4.78, 5) is 23.5. The maximum absolute atomic E-state index is 12.2. The number of hydrogen-bond donors (Lipinski definition) is 1. The minimum Gasteiger partial charge on any atom is -0.353 e. The van der Waals surface area contributed by atoms with E-state index in [2.05, 4.69) is 5.32 Å². The Labute approximate surface area is 110 Å². The first-order valence-corrected chi connectivity index (χ1v) is 6.19. The quantitative estimate of drug-likeness (QED) is 0.795. The molecule has 1 aliphatic rings. The SMILES string of the molecule is CC(C)(C)C(=O)NC1CCN(C(=O)C(F)(F)F)CC1. The predicted octanol–water partition coefficient (Wildman–Crippen LogP) is 1.70. The molecule has 0 unspecified atom stereocenters. The predicted molar refractivity (Wildman–Crippen MR) is 63.3 cm³/mol. The Morgan fingerprint density at radius 3 is 1.95 bits per heavy atom. The number of alkyl halides is 3. The lowest BCUT2D eigenvalue weighted by Crippen LogP contribution is -2.51. The molecule has 7 heteroatoms. The van der Waals surface area contributed by atoms with Crippen molar-refractivity contribution in [1.82, 2.24) is 10.2 Å². The molecule has 1 N–H and O–H groups in total. The third kappa shape index (κ3) is 4.40. The van der Waals surface area contributed by atoms with Crippen LogP contribution in [0.3, 0.4) is 0 Å². The number of carbonyl (C=O) groups excluding carboxylic acids is 2. The lowest BCUT2D eigenvalue weighted by molar-refractivity contribution is -0.186. The van der Waals surface area contributed by atoms with E-state index in [1.165, 1.54) is 0 Å². The van der Waals surface area contributed by atoms with Gasteiger partial charge in [0, 0.05) is 24.5 Å². The van der Waals surface area contributed by atoms with E-state index in [4.69, 9.17) is 0 Å². The van der Waals surface area contributed by atoms with Crippen LogP contribution in [0.2, 0.25) is 0 Å². The number of amides is 2. The lowest BCUT2D eigenvalue weighted by Gasteiger charge is -2.34. The fraction of sp³-hybridized carbons (Fsp3) is 0.833. The highest BCUT2D eigenvalue weighted by atomic mass is 19.4. The third-order valence-electron chi connectivity index (χ3n) is 3.04. The van der Waals surface area contributed by atoms with Gasteiger partial charge in [0.25, 0.3) is 0 Å². The molecule has 19 heavy (non-hydrogen) atoms. The third-order valence-corrected chi connectivity index (χ3v) is 3.04. The van der Waals surface area contributed by atoms with E-state index < -0.39 is 17.5 Å². The standard InChI is InChI=1S/C12H19F3N2O2/c1-11(2,3)9(18)16-8-4-6-17(7-5-8)10(19)12(13,14)15/h8H,4-7H2,1-3H3,(H,16,18). The highest BCUT2D eigenvalue weighted by Crippen LogP contribution is 2.22. The van der Waals surface area contributed by atoms with Gasteiger partial charge in [-0.25, -0.2) is 0 Å². The molecule has 110 valence electrons. The van der Waals surface area contributed by atoms with Gasteiger partial charge < -0.3 is 10.2 Å². The maximum Gasteiger partial charge on any atom is 0.471 e. The van der Waals surface area contributed by atoms with Gasteiger partial charge in [0.15, 0.2) is 0 Å². The average molecular weight is 280 g/mol. The summed E-state index contributed by atoms with van der Waals surface area (Å²) in [6, 6.07) is -0.163. The van der Waals surface area contributed by atoms with Crippen LogP contribution in [-0.2, 0) is 9.59 Å². The molecule has 0 aromatic rings. The van der Waals surface area contributed by atoms with Gasteiger partial charge >= 0.3 is 12.1 Å². The minimum absolute atomic E-state index is 0.0213. The number of likely N-dealkylation sites (tertiary alicyclic amines) is 1. The van der Waals surface area contributed by atoms with E-state index in [9.17, 15) is 22.8 Å². The van der Waals surface area contributed by atoms with Crippen LogP contribution in [0.4, 0.5) is 13.2 Å². The molecule has 0 aromatic carbocycles. The Morgan fingerprint density at radius 2 is 1.58 bits per heavy atom. The van der Waals surface area contributed by atoms with Crippen LogP contribution in [0.25, 0.3) is 0 Å². The van der Waals surface area contributed by atoms with Crippen LogP contribution in [-0.4, -0.2) is 42.0 Å². The maximum atomic E-state index is 12.2. The van der Waals surface area contributed by atoms with Gasteiger partial charge in [-0.2, -0.15) is 13.2 Å². The highest BCUT2D eigenvalue weighted by Gasteiger charge is 2.43. The fourth-order valence-electron chi connectivity index (χ4n) is 1.81. The molecule has 1 saturated heterocycles. The molecule has 1 aliphatic heterocycles. The van der Waals surface area contributed by atoms with Crippen LogP contribution in [0.1, 0.15) is 33.6 Å². The van der Waals surface area contributed by atoms with Crippen molar-refractivity contribution in [2.75, 3.05) is 13.1 Å². The van der Waals surface area contributed by atoms with Crippen molar-refractivity contribution in [3.8, 4) is 0 Å². The van der Waals surface area contributed by atoms with E-state index in [-0.39, 0.29) is 25.0 Å². The fourth-order valence-corrected chi connectivity index (χ4v) is 1.81. The summed E-state index contributed by atoms with van der Waals surface area (Å²) in [6.07, 6.45) is -4.12. The van der Waals surface area contributed by atoms with E-state index in [1.807, 2.05) is 0 Å². The van der Waals surface area contributed by atoms with Crippen molar-refractivity contribution in [2.45, 2.75) is 45.8 Å². The average Bonchev–Trinajstić information content (AvgIpc) is 2.26. The van der Waals surface area contributed by atoms with Crippen molar-refractivity contribution in [1.29, 1.82) is 0 Å². The first-order valence-electron chi connectivity index (χ1n) is 6.19. The zero-order valence-electron chi connectivity index (χ0n) is 11.3. The summed E-state index contributed by atoms with van der Waals surface area (Å²) in [5.74, 6) is -1.93. The van der Waals surface area contributed by atoms with Crippen LogP contribution < -0.4 is 5.32 Å². The zero-order chi connectivity index (χ0) is 14.8. The number of carbonyl (C=O) groups is 2. The lowest BCUT2D eigenvalue weighted by atomic mass is 9.94. The molecule has 0 spiro atoms. The van der Waals surface area contributed by atoms with Gasteiger partial charge in [0.2, 0.25) is 5.91 Å². The number of halogens is 3. The van der Waals surface area contributed by atoms with Gasteiger partial charge in [-0.1, -0.05) is 20.8 Å². The minimum atomic E-state index is -4.82. The topological polar surface area (TPSA) is 49.4 Å².